The van der Waals surface area contributed by atoms with Crippen LogP contribution in [0.4, 0.5) is 5.82 Å². The standard InChI is InChI=1S/C11H13N3O/c12-7-9-4-6-14(8-10(9)15)11-3-1-2-5-13-11/h1-3,5,9-10,15H,4,6,8H2. The van der Waals surface area contributed by atoms with Crippen LogP contribution < -0.4 is 4.90 Å². The highest BCUT2D eigenvalue weighted by Crippen LogP contribution is 2.21. The van der Waals surface area contributed by atoms with E-state index in [1.807, 2.05) is 23.1 Å². The number of anilines is 1. The van der Waals surface area contributed by atoms with E-state index in [1.165, 1.54) is 0 Å². The van der Waals surface area contributed by atoms with Crippen molar-refractivity contribution in [3.05, 3.63) is 24.4 Å². The number of aromatic nitrogens is 1. The summed E-state index contributed by atoms with van der Waals surface area (Å²) < 4.78 is 0. The van der Waals surface area contributed by atoms with E-state index in [1.54, 1.807) is 6.20 Å². The summed E-state index contributed by atoms with van der Waals surface area (Å²) in [7, 11) is 0. The molecule has 1 saturated heterocycles. The molecule has 4 heteroatoms. The van der Waals surface area contributed by atoms with Gasteiger partial charge >= 0.3 is 0 Å². The molecule has 1 fully saturated rings. The van der Waals surface area contributed by atoms with Gasteiger partial charge in [0.05, 0.1) is 18.1 Å². The number of pyridine rings is 1. The first-order valence-electron chi connectivity index (χ1n) is 5.05. The van der Waals surface area contributed by atoms with Crippen LogP contribution in [0.5, 0.6) is 0 Å². The van der Waals surface area contributed by atoms with Crippen LogP contribution in [0.1, 0.15) is 6.42 Å². The second-order valence-electron chi connectivity index (χ2n) is 3.73. The normalized spacial score (nSPS) is 26.0. The highest BCUT2D eigenvalue weighted by atomic mass is 16.3. The van der Waals surface area contributed by atoms with Crippen LogP contribution in [-0.4, -0.2) is 29.3 Å². The Kier molecular flexibility index (Phi) is 2.84. The van der Waals surface area contributed by atoms with Gasteiger partial charge in [-0.15, -0.1) is 0 Å². The number of aliphatic hydroxyl groups excluding tert-OH is 1. The molecule has 0 radical (unpaired) electrons. The molecule has 1 aromatic rings. The second kappa shape index (κ2) is 4.28. The maximum Gasteiger partial charge on any atom is 0.128 e. The van der Waals surface area contributed by atoms with Crippen LogP contribution in [0.25, 0.3) is 0 Å². The summed E-state index contributed by atoms with van der Waals surface area (Å²) in [5.41, 5.74) is 0. The number of nitriles is 1. The van der Waals surface area contributed by atoms with E-state index in [2.05, 4.69) is 11.1 Å². The third-order valence-corrected chi connectivity index (χ3v) is 2.72. The Hall–Kier alpha value is -1.60. The van der Waals surface area contributed by atoms with Crippen molar-refractivity contribution in [2.45, 2.75) is 12.5 Å². The van der Waals surface area contributed by atoms with Crippen LogP contribution in [0.2, 0.25) is 0 Å². The third-order valence-electron chi connectivity index (χ3n) is 2.72. The highest BCUT2D eigenvalue weighted by Gasteiger charge is 2.27. The topological polar surface area (TPSA) is 60.2 Å². The van der Waals surface area contributed by atoms with E-state index in [0.29, 0.717) is 13.0 Å². The minimum atomic E-state index is -0.564. The molecule has 0 aliphatic carbocycles. The van der Waals surface area contributed by atoms with E-state index in [9.17, 15) is 5.11 Å². The average molecular weight is 203 g/mol. The van der Waals surface area contributed by atoms with Gasteiger partial charge in [0, 0.05) is 19.3 Å². The van der Waals surface area contributed by atoms with Crippen molar-refractivity contribution >= 4 is 5.82 Å². The van der Waals surface area contributed by atoms with Crippen LogP contribution in [0.15, 0.2) is 24.4 Å². The maximum absolute atomic E-state index is 9.71. The summed E-state index contributed by atoms with van der Waals surface area (Å²) in [4.78, 5) is 6.23. The van der Waals surface area contributed by atoms with Crippen LogP contribution in [0.3, 0.4) is 0 Å². The number of hydrogen-bond donors (Lipinski definition) is 1. The molecule has 1 aromatic heterocycles. The van der Waals surface area contributed by atoms with Crippen molar-refractivity contribution < 1.29 is 5.11 Å². The smallest absolute Gasteiger partial charge is 0.128 e. The molecule has 0 spiro atoms. The fourth-order valence-electron chi connectivity index (χ4n) is 1.83. The molecule has 0 aromatic carbocycles. The number of β-amino-alcohol motifs (C(OH)–C–C–N with tert-alkyl or cyclic N) is 1. The number of hydrogen-bond acceptors (Lipinski definition) is 4. The minimum absolute atomic E-state index is 0.232. The van der Waals surface area contributed by atoms with Crippen molar-refractivity contribution in [2.24, 2.45) is 5.92 Å². The molecule has 2 heterocycles. The monoisotopic (exact) mass is 203 g/mol. The maximum atomic E-state index is 9.71. The van der Waals surface area contributed by atoms with Gasteiger partial charge in [-0.1, -0.05) is 6.07 Å². The summed E-state index contributed by atoms with van der Waals surface area (Å²) in [6.07, 6.45) is 1.87. The number of rotatable bonds is 1. The summed E-state index contributed by atoms with van der Waals surface area (Å²) in [6.45, 7) is 1.28. The largest absolute Gasteiger partial charge is 0.390 e. The van der Waals surface area contributed by atoms with Gasteiger partial charge in [0.15, 0.2) is 0 Å². The molecule has 15 heavy (non-hydrogen) atoms. The zero-order valence-corrected chi connectivity index (χ0v) is 8.37. The molecule has 0 saturated carbocycles. The van der Waals surface area contributed by atoms with Crippen molar-refractivity contribution in [3.8, 4) is 6.07 Å². The molecule has 2 unspecified atom stereocenters. The van der Waals surface area contributed by atoms with Crippen LogP contribution in [0, 0.1) is 17.2 Å². The number of aliphatic hydroxyl groups is 1. The van der Waals surface area contributed by atoms with Crippen molar-refractivity contribution in [3.63, 3.8) is 0 Å². The Morgan fingerprint density at radius 3 is 3.00 bits per heavy atom. The van der Waals surface area contributed by atoms with Gasteiger partial charge in [-0.3, -0.25) is 0 Å². The van der Waals surface area contributed by atoms with Gasteiger partial charge in [-0.25, -0.2) is 4.98 Å². The molecule has 1 aliphatic rings. The Morgan fingerprint density at radius 2 is 2.40 bits per heavy atom. The van der Waals surface area contributed by atoms with Gasteiger partial charge in [0.25, 0.3) is 0 Å². The molecule has 78 valence electrons. The zero-order valence-electron chi connectivity index (χ0n) is 8.37. The lowest BCUT2D eigenvalue weighted by Crippen LogP contribution is -2.43. The van der Waals surface area contributed by atoms with Crippen LogP contribution in [-0.2, 0) is 0 Å². The molecule has 0 bridgehead atoms. The minimum Gasteiger partial charge on any atom is -0.390 e. The molecule has 1 N–H and O–H groups in total. The molecule has 0 amide bonds. The zero-order chi connectivity index (χ0) is 10.7. The molecular weight excluding hydrogens is 190 g/mol. The predicted octanol–water partition coefficient (Wildman–Crippen LogP) is 0.792. The van der Waals surface area contributed by atoms with Gasteiger partial charge < -0.3 is 10.0 Å². The lowest BCUT2D eigenvalue weighted by Gasteiger charge is -2.33. The molecule has 2 atom stereocenters. The molecule has 2 rings (SSSR count). The Bertz CT molecular complexity index is 360. The molecule has 4 nitrogen and oxygen atoms in total. The SMILES string of the molecule is N#CC1CCN(c2ccccn2)CC1O. The van der Waals surface area contributed by atoms with Crippen LogP contribution >= 0.6 is 0 Å². The van der Waals surface area contributed by atoms with Crippen molar-refractivity contribution in [2.75, 3.05) is 18.0 Å². The Balaban J connectivity index is 2.07. The van der Waals surface area contributed by atoms with E-state index in [-0.39, 0.29) is 5.92 Å². The van der Waals surface area contributed by atoms with E-state index < -0.39 is 6.10 Å². The number of nitrogens with zero attached hydrogens (tertiary/aromatic N) is 3. The van der Waals surface area contributed by atoms with E-state index in [4.69, 9.17) is 5.26 Å². The van der Waals surface area contributed by atoms with E-state index >= 15 is 0 Å². The fourth-order valence-corrected chi connectivity index (χ4v) is 1.83. The van der Waals surface area contributed by atoms with Gasteiger partial charge in [0.1, 0.15) is 5.82 Å². The lowest BCUT2D eigenvalue weighted by atomic mass is 9.95. The quantitative estimate of drug-likeness (QED) is 0.733. The van der Waals surface area contributed by atoms with Gasteiger partial charge in [-0.2, -0.15) is 5.26 Å². The third kappa shape index (κ3) is 2.08. The van der Waals surface area contributed by atoms with Gasteiger partial charge in [-0.05, 0) is 18.6 Å². The lowest BCUT2D eigenvalue weighted by molar-refractivity contribution is 0.120. The average Bonchev–Trinajstić information content (AvgIpc) is 2.30. The fraction of sp³-hybridized carbons (Fsp3) is 0.455. The highest BCUT2D eigenvalue weighted by molar-refractivity contribution is 5.38. The Labute approximate surface area is 88.8 Å². The number of piperidine rings is 1. The van der Waals surface area contributed by atoms with Crippen molar-refractivity contribution in [1.29, 1.82) is 5.26 Å². The first-order valence-corrected chi connectivity index (χ1v) is 5.05. The summed E-state index contributed by atoms with van der Waals surface area (Å²) in [6, 6.07) is 7.83. The summed E-state index contributed by atoms with van der Waals surface area (Å²) in [5, 5.41) is 18.5. The predicted molar refractivity (Wildman–Crippen MR) is 56.2 cm³/mol. The summed E-state index contributed by atoms with van der Waals surface area (Å²) in [5.74, 6) is 0.637. The van der Waals surface area contributed by atoms with E-state index in [0.717, 1.165) is 12.4 Å². The summed E-state index contributed by atoms with van der Waals surface area (Å²) >= 11 is 0. The van der Waals surface area contributed by atoms with Crippen molar-refractivity contribution in [1.82, 2.24) is 4.98 Å². The van der Waals surface area contributed by atoms with Gasteiger partial charge in [0.2, 0.25) is 0 Å². The first-order chi connectivity index (χ1) is 7.31. The first kappa shape index (κ1) is 9.94. The molecular formula is C11H13N3O. The molecule has 1 aliphatic heterocycles. The second-order valence-corrected chi connectivity index (χ2v) is 3.73. The Morgan fingerprint density at radius 1 is 1.53 bits per heavy atom.